The highest BCUT2D eigenvalue weighted by Crippen LogP contribution is 2.37. The highest BCUT2D eigenvalue weighted by molar-refractivity contribution is 5.52. The monoisotopic (exact) mass is 278 g/mol. The summed E-state index contributed by atoms with van der Waals surface area (Å²) in [6, 6.07) is 6.89. The fourth-order valence-electron chi connectivity index (χ4n) is 1.88. The van der Waals surface area contributed by atoms with Gasteiger partial charge in [-0.1, -0.05) is 0 Å². The summed E-state index contributed by atoms with van der Waals surface area (Å²) in [5, 5.41) is 9.36. The molecular formula is C15H15FO4. The van der Waals surface area contributed by atoms with E-state index in [1.165, 1.54) is 19.2 Å². The molecule has 2 aromatic rings. The summed E-state index contributed by atoms with van der Waals surface area (Å²) in [5.74, 6) is 0.786. The summed E-state index contributed by atoms with van der Waals surface area (Å²) in [7, 11) is 3.05. The minimum absolute atomic E-state index is 0.0587. The second kappa shape index (κ2) is 5.69. The third-order valence-electron chi connectivity index (χ3n) is 2.78. The Morgan fingerprint density at radius 1 is 1.00 bits per heavy atom. The molecule has 0 atom stereocenters. The standard InChI is InChI=1S/C15H15FO4/c1-9-6-11(8-14(18-2)15(9)19-3)20-13-7-10(17)4-5-12(13)16/h4-8,17H,1-3H3. The zero-order chi connectivity index (χ0) is 14.7. The molecule has 0 aromatic heterocycles. The lowest BCUT2D eigenvalue weighted by molar-refractivity contribution is 0.349. The Morgan fingerprint density at radius 2 is 1.75 bits per heavy atom. The Balaban J connectivity index is 2.39. The molecule has 4 nitrogen and oxygen atoms in total. The first-order chi connectivity index (χ1) is 9.55. The van der Waals surface area contributed by atoms with E-state index in [4.69, 9.17) is 14.2 Å². The molecule has 0 saturated heterocycles. The van der Waals surface area contributed by atoms with Gasteiger partial charge in [0.25, 0.3) is 0 Å². The number of benzene rings is 2. The van der Waals surface area contributed by atoms with Gasteiger partial charge in [-0.2, -0.15) is 0 Å². The number of hydrogen-bond donors (Lipinski definition) is 1. The Kier molecular flexibility index (Phi) is 3.98. The van der Waals surface area contributed by atoms with E-state index in [1.807, 2.05) is 6.92 Å². The van der Waals surface area contributed by atoms with Crippen LogP contribution in [0.3, 0.4) is 0 Å². The predicted molar refractivity (Wildman–Crippen MR) is 72.4 cm³/mol. The number of halogens is 1. The Morgan fingerprint density at radius 3 is 2.40 bits per heavy atom. The van der Waals surface area contributed by atoms with Crippen molar-refractivity contribution in [1.29, 1.82) is 0 Å². The van der Waals surface area contributed by atoms with Crippen LogP contribution in [-0.4, -0.2) is 19.3 Å². The van der Waals surface area contributed by atoms with Crippen LogP contribution < -0.4 is 14.2 Å². The van der Waals surface area contributed by atoms with Gasteiger partial charge in [-0.15, -0.1) is 0 Å². The van der Waals surface area contributed by atoms with Crippen LogP contribution in [-0.2, 0) is 0 Å². The first-order valence-corrected chi connectivity index (χ1v) is 5.94. The molecule has 0 aliphatic rings. The average molecular weight is 278 g/mol. The number of aromatic hydroxyl groups is 1. The SMILES string of the molecule is COc1cc(Oc2cc(O)ccc2F)cc(C)c1OC. The molecule has 0 radical (unpaired) electrons. The fraction of sp³-hybridized carbons (Fsp3) is 0.200. The third-order valence-corrected chi connectivity index (χ3v) is 2.78. The topological polar surface area (TPSA) is 47.9 Å². The second-order valence-electron chi connectivity index (χ2n) is 4.19. The van der Waals surface area contributed by atoms with Gasteiger partial charge in [0.15, 0.2) is 23.1 Å². The molecule has 106 valence electrons. The summed E-state index contributed by atoms with van der Waals surface area (Å²) in [5.41, 5.74) is 0.794. The lowest BCUT2D eigenvalue weighted by Gasteiger charge is -2.13. The molecule has 0 heterocycles. The zero-order valence-electron chi connectivity index (χ0n) is 11.4. The highest BCUT2D eigenvalue weighted by atomic mass is 19.1. The molecule has 0 bridgehead atoms. The summed E-state index contributed by atoms with van der Waals surface area (Å²) in [4.78, 5) is 0. The average Bonchev–Trinajstić information content (AvgIpc) is 2.42. The number of phenolic OH excluding ortho intramolecular Hbond substituents is 1. The summed E-state index contributed by atoms with van der Waals surface area (Å²) >= 11 is 0. The molecule has 2 rings (SSSR count). The zero-order valence-corrected chi connectivity index (χ0v) is 11.4. The quantitative estimate of drug-likeness (QED) is 0.927. The minimum atomic E-state index is -0.560. The van der Waals surface area contributed by atoms with Gasteiger partial charge in [0.1, 0.15) is 11.5 Å². The predicted octanol–water partition coefficient (Wildman–Crippen LogP) is 3.65. The summed E-state index contributed by atoms with van der Waals surface area (Å²) in [6.07, 6.45) is 0. The first-order valence-electron chi connectivity index (χ1n) is 5.94. The lowest BCUT2D eigenvalue weighted by Crippen LogP contribution is -1.95. The van der Waals surface area contributed by atoms with Crippen LogP contribution in [0.15, 0.2) is 30.3 Å². The Bertz CT molecular complexity index is 626. The molecule has 1 N–H and O–H groups in total. The van der Waals surface area contributed by atoms with Gasteiger partial charge < -0.3 is 19.3 Å². The Hall–Kier alpha value is -2.43. The van der Waals surface area contributed by atoms with Crippen LogP contribution in [0.2, 0.25) is 0 Å². The van der Waals surface area contributed by atoms with Crippen LogP contribution >= 0.6 is 0 Å². The van der Waals surface area contributed by atoms with Gasteiger partial charge in [0.2, 0.25) is 0 Å². The molecule has 0 aliphatic heterocycles. The van der Waals surface area contributed by atoms with Crippen LogP contribution in [0.5, 0.6) is 28.7 Å². The van der Waals surface area contributed by atoms with Crippen LogP contribution in [0, 0.1) is 12.7 Å². The summed E-state index contributed by atoms with van der Waals surface area (Å²) < 4.78 is 29.5. The van der Waals surface area contributed by atoms with E-state index in [-0.39, 0.29) is 11.5 Å². The van der Waals surface area contributed by atoms with E-state index in [1.54, 1.807) is 19.2 Å². The van der Waals surface area contributed by atoms with E-state index in [0.717, 1.165) is 11.6 Å². The van der Waals surface area contributed by atoms with Crippen molar-refractivity contribution in [3.63, 3.8) is 0 Å². The van der Waals surface area contributed by atoms with Crippen molar-refractivity contribution in [3.05, 3.63) is 41.7 Å². The normalized spacial score (nSPS) is 10.2. The molecule has 2 aromatic carbocycles. The molecule has 0 saturated carbocycles. The molecular weight excluding hydrogens is 263 g/mol. The molecule has 0 amide bonds. The third kappa shape index (κ3) is 2.77. The molecule has 0 spiro atoms. The number of hydrogen-bond acceptors (Lipinski definition) is 4. The lowest BCUT2D eigenvalue weighted by atomic mass is 10.2. The van der Waals surface area contributed by atoms with Gasteiger partial charge in [-0.25, -0.2) is 4.39 Å². The van der Waals surface area contributed by atoms with Gasteiger partial charge in [0.05, 0.1) is 14.2 Å². The number of ether oxygens (including phenoxy) is 3. The van der Waals surface area contributed by atoms with E-state index < -0.39 is 5.82 Å². The second-order valence-corrected chi connectivity index (χ2v) is 4.19. The molecule has 0 unspecified atom stereocenters. The first kappa shape index (κ1) is 14.0. The van der Waals surface area contributed by atoms with Crippen molar-refractivity contribution in [1.82, 2.24) is 0 Å². The number of methoxy groups -OCH3 is 2. The van der Waals surface area contributed by atoms with E-state index in [2.05, 4.69) is 0 Å². The minimum Gasteiger partial charge on any atom is -0.508 e. The molecule has 20 heavy (non-hydrogen) atoms. The smallest absolute Gasteiger partial charge is 0.166 e. The van der Waals surface area contributed by atoms with E-state index in [0.29, 0.717) is 17.2 Å². The number of phenols is 1. The highest BCUT2D eigenvalue weighted by Gasteiger charge is 2.12. The van der Waals surface area contributed by atoms with Crippen LogP contribution in [0.1, 0.15) is 5.56 Å². The van der Waals surface area contributed by atoms with Gasteiger partial charge in [-0.3, -0.25) is 0 Å². The van der Waals surface area contributed by atoms with Gasteiger partial charge in [-0.05, 0) is 30.7 Å². The van der Waals surface area contributed by atoms with Crippen molar-refractivity contribution in [2.24, 2.45) is 0 Å². The maximum absolute atomic E-state index is 13.6. The van der Waals surface area contributed by atoms with E-state index >= 15 is 0 Å². The molecule has 0 aliphatic carbocycles. The maximum atomic E-state index is 13.6. The van der Waals surface area contributed by atoms with Crippen molar-refractivity contribution in [2.75, 3.05) is 14.2 Å². The molecule has 5 heteroatoms. The van der Waals surface area contributed by atoms with Crippen molar-refractivity contribution >= 4 is 0 Å². The van der Waals surface area contributed by atoms with Gasteiger partial charge in [0, 0.05) is 12.1 Å². The van der Waals surface area contributed by atoms with Crippen LogP contribution in [0.4, 0.5) is 4.39 Å². The fourth-order valence-corrected chi connectivity index (χ4v) is 1.88. The maximum Gasteiger partial charge on any atom is 0.166 e. The summed E-state index contributed by atoms with van der Waals surface area (Å²) in [6.45, 7) is 1.83. The largest absolute Gasteiger partial charge is 0.508 e. The Labute approximate surface area is 116 Å². The van der Waals surface area contributed by atoms with Crippen molar-refractivity contribution in [3.8, 4) is 28.7 Å². The number of aryl methyl sites for hydroxylation is 1. The van der Waals surface area contributed by atoms with Gasteiger partial charge >= 0.3 is 0 Å². The van der Waals surface area contributed by atoms with E-state index in [9.17, 15) is 9.50 Å². The molecule has 0 fully saturated rings. The number of rotatable bonds is 4. The van der Waals surface area contributed by atoms with Crippen molar-refractivity contribution in [2.45, 2.75) is 6.92 Å². The van der Waals surface area contributed by atoms with Crippen LogP contribution in [0.25, 0.3) is 0 Å². The van der Waals surface area contributed by atoms with Crippen molar-refractivity contribution < 1.29 is 23.7 Å².